The lowest BCUT2D eigenvalue weighted by molar-refractivity contribution is -0.274. The molecule has 2 aromatic carbocycles. The number of anilines is 1. The summed E-state index contributed by atoms with van der Waals surface area (Å²) in [6, 6.07) is 12.9. The molecule has 6 heteroatoms. The molecule has 0 radical (unpaired) electrons. The number of ether oxygens (including phenoxy) is 1. The molecule has 25 heavy (non-hydrogen) atoms. The predicted octanol–water partition coefficient (Wildman–Crippen LogP) is 5.57. The van der Waals surface area contributed by atoms with Crippen molar-refractivity contribution in [1.82, 2.24) is 0 Å². The molecule has 128 valence electrons. The summed E-state index contributed by atoms with van der Waals surface area (Å²) in [4.78, 5) is 0. The number of nitrogens with one attached hydrogen (secondary N) is 1. The average molecular weight is 344 g/mol. The molecular weight excluding hydrogens is 329 g/mol. The van der Waals surface area contributed by atoms with Gasteiger partial charge in [0.05, 0.1) is 5.56 Å². The first-order chi connectivity index (χ1) is 11.7. The Bertz CT molecular complexity index is 864. The third kappa shape index (κ3) is 4.64. The third-order valence-corrected chi connectivity index (χ3v) is 3.33. The first-order valence-corrected chi connectivity index (χ1v) is 7.22. The highest BCUT2D eigenvalue weighted by Crippen LogP contribution is 2.30. The van der Waals surface area contributed by atoms with E-state index in [4.69, 9.17) is 5.26 Å². The van der Waals surface area contributed by atoms with Crippen molar-refractivity contribution in [2.75, 3.05) is 5.32 Å². The van der Waals surface area contributed by atoms with E-state index in [9.17, 15) is 13.2 Å². The van der Waals surface area contributed by atoms with Crippen LogP contribution in [0.2, 0.25) is 0 Å². The van der Waals surface area contributed by atoms with Crippen LogP contribution in [0.5, 0.6) is 5.75 Å². The first kappa shape index (κ1) is 18.1. The molecule has 0 bridgehead atoms. The first-order valence-electron chi connectivity index (χ1n) is 7.22. The molecule has 0 atom stereocenters. The lowest BCUT2D eigenvalue weighted by atomic mass is 10.00. The number of nitriles is 1. The van der Waals surface area contributed by atoms with Crippen molar-refractivity contribution in [2.45, 2.75) is 13.3 Å². The number of alkyl halides is 3. The molecule has 0 unspecified atom stereocenters. The van der Waals surface area contributed by atoms with E-state index < -0.39 is 12.1 Å². The molecule has 2 rings (SSSR count). The fourth-order valence-electron chi connectivity index (χ4n) is 2.27. The summed E-state index contributed by atoms with van der Waals surface area (Å²) in [5, 5.41) is 12.0. The zero-order valence-corrected chi connectivity index (χ0v) is 13.4. The second kappa shape index (κ2) is 7.14. The number of hydrogen-bond acceptors (Lipinski definition) is 3. The second-order valence-electron chi connectivity index (χ2n) is 5.30. The van der Waals surface area contributed by atoms with Gasteiger partial charge in [0, 0.05) is 16.9 Å². The number of benzene rings is 2. The van der Waals surface area contributed by atoms with Gasteiger partial charge in [0.15, 0.2) is 0 Å². The summed E-state index contributed by atoms with van der Waals surface area (Å²) in [5.41, 5.74) is 3.29. The van der Waals surface area contributed by atoms with Crippen molar-refractivity contribution in [3.05, 3.63) is 72.3 Å². The molecule has 0 heterocycles. The standard InChI is InChI=1S/C19H15F3N2O/c1-12(2)16-6-4-5-7-17(16)13(3)24-15-8-9-18(14(10-15)11-23)25-19(20,21)22/h4-10,24H,1,3H2,2H3. The fourth-order valence-corrected chi connectivity index (χ4v) is 2.27. The highest BCUT2D eigenvalue weighted by molar-refractivity contribution is 5.83. The predicted molar refractivity (Wildman–Crippen MR) is 91.6 cm³/mol. The van der Waals surface area contributed by atoms with Gasteiger partial charge in [0.2, 0.25) is 0 Å². The lowest BCUT2D eigenvalue weighted by Gasteiger charge is -2.15. The molecule has 0 aliphatic carbocycles. The van der Waals surface area contributed by atoms with Gasteiger partial charge in [0.25, 0.3) is 0 Å². The van der Waals surface area contributed by atoms with Gasteiger partial charge in [-0.15, -0.1) is 13.2 Å². The van der Waals surface area contributed by atoms with Gasteiger partial charge in [-0.25, -0.2) is 0 Å². The van der Waals surface area contributed by atoms with Crippen LogP contribution in [0.1, 0.15) is 23.6 Å². The fraction of sp³-hybridized carbons (Fsp3) is 0.105. The van der Waals surface area contributed by atoms with Crippen molar-refractivity contribution < 1.29 is 17.9 Å². The Morgan fingerprint density at radius 3 is 2.32 bits per heavy atom. The van der Waals surface area contributed by atoms with Gasteiger partial charge in [-0.3, -0.25) is 0 Å². The van der Waals surface area contributed by atoms with Crippen LogP contribution < -0.4 is 10.1 Å². The minimum atomic E-state index is -4.86. The monoisotopic (exact) mass is 344 g/mol. The zero-order valence-electron chi connectivity index (χ0n) is 13.4. The van der Waals surface area contributed by atoms with Crippen LogP contribution in [0.25, 0.3) is 11.3 Å². The minimum Gasteiger partial charge on any atom is -0.404 e. The lowest BCUT2D eigenvalue weighted by Crippen LogP contribution is -2.17. The molecule has 0 saturated carbocycles. The van der Waals surface area contributed by atoms with Crippen LogP contribution in [0.15, 0.2) is 55.6 Å². The highest BCUT2D eigenvalue weighted by atomic mass is 19.4. The van der Waals surface area contributed by atoms with Crippen molar-refractivity contribution in [3.8, 4) is 11.8 Å². The number of nitrogens with zero attached hydrogens (tertiary/aromatic N) is 1. The molecule has 0 amide bonds. The van der Waals surface area contributed by atoms with E-state index in [1.165, 1.54) is 12.1 Å². The molecule has 0 aliphatic rings. The second-order valence-corrected chi connectivity index (χ2v) is 5.30. The average Bonchev–Trinajstić information content (AvgIpc) is 2.54. The van der Waals surface area contributed by atoms with Crippen molar-refractivity contribution in [2.24, 2.45) is 0 Å². The quantitative estimate of drug-likeness (QED) is 0.771. The largest absolute Gasteiger partial charge is 0.573 e. The smallest absolute Gasteiger partial charge is 0.404 e. The third-order valence-electron chi connectivity index (χ3n) is 3.33. The molecule has 0 fully saturated rings. The minimum absolute atomic E-state index is 0.233. The van der Waals surface area contributed by atoms with E-state index in [-0.39, 0.29) is 5.56 Å². The number of rotatable bonds is 5. The summed E-state index contributed by atoms with van der Waals surface area (Å²) < 4.78 is 40.9. The molecule has 1 N–H and O–H groups in total. The summed E-state index contributed by atoms with van der Waals surface area (Å²) >= 11 is 0. The SMILES string of the molecule is C=C(C)c1ccccc1C(=C)Nc1ccc(OC(F)(F)F)c(C#N)c1. The van der Waals surface area contributed by atoms with Crippen LogP contribution in [0, 0.1) is 11.3 Å². The molecule has 0 saturated heterocycles. The summed E-state index contributed by atoms with van der Waals surface area (Å²) in [5.74, 6) is -0.548. The van der Waals surface area contributed by atoms with Crippen molar-refractivity contribution in [3.63, 3.8) is 0 Å². The van der Waals surface area contributed by atoms with Gasteiger partial charge in [-0.05, 0) is 30.7 Å². The number of hydrogen-bond donors (Lipinski definition) is 1. The van der Waals surface area contributed by atoms with Gasteiger partial charge in [0.1, 0.15) is 11.8 Å². The van der Waals surface area contributed by atoms with Crippen molar-refractivity contribution >= 4 is 17.0 Å². The van der Waals surface area contributed by atoms with Gasteiger partial charge < -0.3 is 10.1 Å². The van der Waals surface area contributed by atoms with E-state index in [0.29, 0.717) is 11.4 Å². The Morgan fingerprint density at radius 2 is 1.76 bits per heavy atom. The molecule has 0 aromatic heterocycles. The Kier molecular flexibility index (Phi) is 5.18. The summed E-state index contributed by atoms with van der Waals surface area (Å²) in [6.07, 6.45) is -4.86. The molecule has 0 aliphatic heterocycles. The number of allylic oxidation sites excluding steroid dienone is 1. The van der Waals surface area contributed by atoms with Crippen molar-refractivity contribution in [1.29, 1.82) is 5.26 Å². The normalized spacial score (nSPS) is 10.7. The van der Waals surface area contributed by atoms with E-state index in [1.807, 2.05) is 31.2 Å². The Hall–Kier alpha value is -3.20. The highest BCUT2D eigenvalue weighted by Gasteiger charge is 2.32. The van der Waals surface area contributed by atoms with Gasteiger partial charge in [-0.2, -0.15) is 5.26 Å². The number of halogens is 3. The zero-order chi connectivity index (χ0) is 18.6. The Balaban J connectivity index is 2.28. The maximum atomic E-state index is 12.3. The molecular formula is C19H15F3N2O. The summed E-state index contributed by atoms with van der Waals surface area (Å²) in [7, 11) is 0. The van der Waals surface area contributed by atoms with E-state index >= 15 is 0 Å². The van der Waals surface area contributed by atoms with Crippen LogP contribution in [0.4, 0.5) is 18.9 Å². The van der Waals surface area contributed by atoms with Gasteiger partial charge >= 0.3 is 6.36 Å². The molecule has 2 aromatic rings. The van der Waals surface area contributed by atoms with Crippen LogP contribution in [-0.2, 0) is 0 Å². The van der Waals surface area contributed by atoms with Gasteiger partial charge in [-0.1, -0.05) is 43.0 Å². The van der Waals surface area contributed by atoms with Crippen LogP contribution in [-0.4, -0.2) is 6.36 Å². The topological polar surface area (TPSA) is 45.0 Å². The maximum absolute atomic E-state index is 12.3. The van der Waals surface area contributed by atoms with Crippen LogP contribution in [0.3, 0.4) is 0 Å². The van der Waals surface area contributed by atoms with E-state index in [1.54, 1.807) is 6.07 Å². The molecule has 3 nitrogen and oxygen atoms in total. The Morgan fingerprint density at radius 1 is 1.12 bits per heavy atom. The van der Waals surface area contributed by atoms with Crippen LogP contribution >= 0.6 is 0 Å². The maximum Gasteiger partial charge on any atom is 0.573 e. The molecule has 0 spiro atoms. The van der Waals surface area contributed by atoms with E-state index in [0.717, 1.165) is 22.8 Å². The Labute approximate surface area is 143 Å². The van der Waals surface area contributed by atoms with E-state index in [2.05, 4.69) is 23.2 Å². The summed E-state index contributed by atoms with van der Waals surface area (Å²) in [6.45, 7) is 9.73.